The number of aromatic nitrogens is 3. The molecule has 2 aliphatic carbocycles. The Bertz CT molecular complexity index is 2910. The summed E-state index contributed by atoms with van der Waals surface area (Å²) in [6, 6.07) is 44.5. The Morgan fingerprint density at radius 3 is 2.22 bits per heavy atom. The van der Waals surface area contributed by atoms with Crippen LogP contribution in [0.2, 0.25) is 0 Å². The monoisotopic (exact) mass is 695 g/mol. The summed E-state index contributed by atoms with van der Waals surface area (Å²) in [5.41, 5.74) is 9.32. The zero-order valence-corrected chi connectivity index (χ0v) is 29.3. The van der Waals surface area contributed by atoms with Crippen LogP contribution in [-0.2, 0) is 0 Å². The van der Waals surface area contributed by atoms with E-state index in [4.69, 9.17) is 24.1 Å². The van der Waals surface area contributed by atoms with E-state index in [1.807, 2.05) is 12.1 Å². The number of ether oxygens (including phenoxy) is 1. The Kier molecular flexibility index (Phi) is 7.05. The molecule has 0 fully saturated rings. The summed E-state index contributed by atoms with van der Waals surface area (Å²) in [7, 11) is 0. The van der Waals surface area contributed by atoms with Gasteiger partial charge in [-0.3, -0.25) is 0 Å². The molecule has 8 aromatic rings. The Balaban J connectivity index is 1.05. The summed E-state index contributed by atoms with van der Waals surface area (Å²) >= 11 is 0. The number of rotatable bonds is 5. The van der Waals surface area contributed by atoms with E-state index in [0.29, 0.717) is 23.4 Å². The van der Waals surface area contributed by atoms with Crippen LogP contribution >= 0.6 is 0 Å². The SMILES string of the molecule is C1=CCC(c2ccc(-c3nc(C4=CC=CC5Oc6cccc(-c7ccc8oc9ccccc9c8c7)c6C45)nc(-c4ccc5ccccc5c4)n3)cc2)C=C1. The second-order valence-corrected chi connectivity index (χ2v) is 14.2. The van der Waals surface area contributed by atoms with Crippen LogP contribution in [0.25, 0.3) is 72.2 Å². The minimum absolute atomic E-state index is 0.119. The van der Waals surface area contributed by atoms with Crippen LogP contribution in [0.4, 0.5) is 0 Å². The molecule has 3 aliphatic rings. The molecular weight excluding hydrogens is 663 g/mol. The first-order chi connectivity index (χ1) is 26.7. The number of fused-ring (bicyclic) bond motifs is 7. The molecule has 0 amide bonds. The number of para-hydroxylation sites is 1. The first kappa shape index (κ1) is 30.7. The summed E-state index contributed by atoms with van der Waals surface area (Å²) in [6.07, 6.45) is 15.9. The van der Waals surface area contributed by atoms with Crippen LogP contribution in [0.15, 0.2) is 174 Å². The fraction of sp³-hybridized carbons (Fsp3) is 0.0816. The van der Waals surface area contributed by atoms with Crippen LogP contribution < -0.4 is 4.74 Å². The van der Waals surface area contributed by atoms with Crippen molar-refractivity contribution >= 4 is 38.3 Å². The summed E-state index contributed by atoms with van der Waals surface area (Å²) in [5.74, 6) is 3.06. The van der Waals surface area contributed by atoms with Gasteiger partial charge < -0.3 is 9.15 Å². The van der Waals surface area contributed by atoms with Crippen molar-refractivity contribution in [1.82, 2.24) is 15.0 Å². The molecule has 0 bridgehead atoms. The standard InChI is InChI=1S/C49H33N3O2/c1-2-10-30(11-3-1)32-20-23-33(24-21-32)47-50-48(36-25-22-31-12-4-5-13-34(31)28-36)52-49(51-47)39-16-9-19-44-46(39)45-37(15-8-18-43(45)54-44)35-26-27-42-40(29-35)38-14-6-7-17-41(38)53-42/h1-10,12-30,44,46H,11H2. The Morgan fingerprint density at radius 1 is 0.556 bits per heavy atom. The highest BCUT2D eigenvalue weighted by molar-refractivity contribution is 6.06. The van der Waals surface area contributed by atoms with Gasteiger partial charge in [-0.05, 0) is 70.3 Å². The molecule has 0 saturated heterocycles. The van der Waals surface area contributed by atoms with Gasteiger partial charge in [-0.1, -0.05) is 134 Å². The van der Waals surface area contributed by atoms with E-state index in [9.17, 15) is 0 Å². The fourth-order valence-corrected chi connectivity index (χ4v) is 8.36. The lowest BCUT2D eigenvalue weighted by Gasteiger charge is -2.23. The lowest BCUT2D eigenvalue weighted by molar-refractivity contribution is 0.271. The van der Waals surface area contributed by atoms with Crippen molar-refractivity contribution in [2.75, 3.05) is 0 Å². The molecule has 3 atom stereocenters. The van der Waals surface area contributed by atoms with E-state index in [-0.39, 0.29) is 12.0 Å². The van der Waals surface area contributed by atoms with Crippen molar-refractivity contribution in [1.29, 1.82) is 0 Å². The molecule has 2 aromatic heterocycles. The average Bonchev–Trinajstić information content (AvgIpc) is 3.82. The molecule has 0 N–H and O–H groups in total. The lowest BCUT2D eigenvalue weighted by atomic mass is 9.80. The van der Waals surface area contributed by atoms with Crippen molar-refractivity contribution < 1.29 is 9.15 Å². The average molecular weight is 696 g/mol. The maximum absolute atomic E-state index is 6.69. The summed E-state index contributed by atoms with van der Waals surface area (Å²) in [6.45, 7) is 0. The van der Waals surface area contributed by atoms with Gasteiger partial charge in [-0.15, -0.1) is 0 Å². The Hall–Kier alpha value is -6.85. The number of allylic oxidation sites excluding steroid dienone is 6. The van der Waals surface area contributed by atoms with Gasteiger partial charge in [0.05, 0.1) is 5.92 Å². The van der Waals surface area contributed by atoms with Crippen LogP contribution in [0.3, 0.4) is 0 Å². The normalized spacial score (nSPS) is 18.5. The molecule has 0 saturated carbocycles. The number of nitrogens with zero attached hydrogens (tertiary/aromatic N) is 3. The van der Waals surface area contributed by atoms with Crippen molar-refractivity contribution in [2.45, 2.75) is 24.4 Å². The topological polar surface area (TPSA) is 61.0 Å². The highest BCUT2D eigenvalue weighted by Gasteiger charge is 2.40. The minimum atomic E-state index is -0.194. The van der Waals surface area contributed by atoms with Crippen molar-refractivity contribution in [3.63, 3.8) is 0 Å². The third kappa shape index (κ3) is 5.12. The second-order valence-electron chi connectivity index (χ2n) is 14.2. The predicted octanol–water partition coefficient (Wildman–Crippen LogP) is 12.0. The van der Waals surface area contributed by atoms with Gasteiger partial charge in [0.1, 0.15) is 23.0 Å². The van der Waals surface area contributed by atoms with Crippen molar-refractivity contribution in [2.24, 2.45) is 0 Å². The Labute approximate surface area is 312 Å². The Morgan fingerprint density at radius 2 is 1.33 bits per heavy atom. The zero-order valence-electron chi connectivity index (χ0n) is 29.3. The van der Waals surface area contributed by atoms with Crippen LogP contribution in [-0.4, -0.2) is 21.1 Å². The number of hydrogen-bond donors (Lipinski definition) is 0. The van der Waals surface area contributed by atoms with Gasteiger partial charge in [0, 0.05) is 39.0 Å². The molecule has 0 radical (unpaired) electrons. The molecule has 0 spiro atoms. The molecule has 5 nitrogen and oxygen atoms in total. The van der Waals surface area contributed by atoms with E-state index >= 15 is 0 Å². The highest BCUT2D eigenvalue weighted by atomic mass is 16.5. The molecule has 54 heavy (non-hydrogen) atoms. The summed E-state index contributed by atoms with van der Waals surface area (Å²) in [5, 5.41) is 4.52. The smallest absolute Gasteiger partial charge is 0.164 e. The maximum atomic E-state index is 6.69. The molecule has 5 heteroatoms. The zero-order chi connectivity index (χ0) is 35.6. The molecule has 11 rings (SSSR count). The molecular formula is C49H33N3O2. The van der Waals surface area contributed by atoms with Gasteiger partial charge >= 0.3 is 0 Å². The van der Waals surface area contributed by atoms with Gasteiger partial charge in [0.2, 0.25) is 0 Å². The van der Waals surface area contributed by atoms with Crippen LogP contribution in [0, 0.1) is 0 Å². The molecule has 6 aromatic carbocycles. The van der Waals surface area contributed by atoms with Gasteiger partial charge in [0.15, 0.2) is 17.5 Å². The van der Waals surface area contributed by atoms with Crippen molar-refractivity contribution in [3.05, 3.63) is 187 Å². The highest BCUT2D eigenvalue weighted by Crippen LogP contribution is 2.51. The number of benzene rings is 6. The summed E-state index contributed by atoms with van der Waals surface area (Å²) in [4.78, 5) is 15.6. The van der Waals surface area contributed by atoms with Crippen LogP contribution in [0.5, 0.6) is 5.75 Å². The molecule has 3 heterocycles. The van der Waals surface area contributed by atoms with E-state index in [2.05, 4.69) is 158 Å². The van der Waals surface area contributed by atoms with Crippen LogP contribution in [0.1, 0.15) is 35.2 Å². The number of hydrogen-bond acceptors (Lipinski definition) is 5. The maximum Gasteiger partial charge on any atom is 0.164 e. The van der Waals surface area contributed by atoms with E-state index in [1.54, 1.807) is 0 Å². The first-order valence-corrected chi connectivity index (χ1v) is 18.5. The summed E-state index contributed by atoms with van der Waals surface area (Å²) < 4.78 is 12.9. The van der Waals surface area contributed by atoms with E-state index < -0.39 is 0 Å². The van der Waals surface area contributed by atoms with E-state index in [0.717, 1.165) is 72.9 Å². The third-order valence-corrected chi connectivity index (χ3v) is 11.0. The minimum Gasteiger partial charge on any atom is -0.485 e. The molecule has 256 valence electrons. The fourth-order valence-electron chi connectivity index (χ4n) is 8.36. The number of furan rings is 1. The predicted molar refractivity (Wildman–Crippen MR) is 217 cm³/mol. The third-order valence-electron chi connectivity index (χ3n) is 11.0. The molecule has 3 unspecified atom stereocenters. The second kappa shape index (κ2) is 12.4. The first-order valence-electron chi connectivity index (χ1n) is 18.5. The van der Waals surface area contributed by atoms with E-state index in [1.165, 1.54) is 10.9 Å². The quantitative estimate of drug-likeness (QED) is 0.179. The van der Waals surface area contributed by atoms with Crippen molar-refractivity contribution in [3.8, 4) is 39.7 Å². The van der Waals surface area contributed by atoms with Gasteiger partial charge in [-0.2, -0.15) is 0 Å². The van der Waals surface area contributed by atoms with Gasteiger partial charge in [-0.25, -0.2) is 15.0 Å². The van der Waals surface area contributed by atoms with Gasteiger partial charge in [0.25, 0.3) is 0 Å². The lowest BCUT2D eigenvalue weighted by Crippen LogP contribution is -2.21. The largest absolute Gasteiger partial charge is 0.485 e. The molecule has 1 aliphatic heterocycles.